The molecule has 1 N–H and O–H groups in total. The number of hydrogen-bond donors (Lipinski definition) is 1. The lowest BCUT2D eigenvalue weighted by atomic mass is 10.1. The van der Waals surface area contributed by atoms with Gasteiger partial charge < -0.3 is 14.6 Å². The number of aromatic amines is 1. The number of nitrogens with zero attached hydrogens (tertiary/aromatic N) is 4. The van der Waals surface area contributed by atoms with Crippen LogP contribution in [0.5, 0.6) is 5.75 Å². The number of halogens is 2. The molecule has 148 valence electrons. The van der Waals surface area contributed by atoms with E-state index in [4.69, 9.17) is 4.74 Å². The number of H-pyrrole nitrogens is 1. The molecule has 1 saturated heterocycles. The molecular weight excluding hydrogens is 364 g/mol. The third kappa shape index (κ3) is 3.77. The van der Waals surface area contributed by atoms with Crippen molar-refractivity contribution in [3.63, 3.8) is 0 Å². The number of ether oxygens (including phenoxy) is 1. The highest BCUT2D eigenvalue weighted by Crippen LogP contribution is 2.25. The second-order valence-electron chi connectivity index (χ2n) is 6.97. The minimum absolute atomic E-state index is 0.379. The molecule has 0 aliphatic carbocycles. The van der Waals surface area contributed by atoms with Gasteiger partial charge in [-0.1, -0.05) is 0 Å². The Morgan fingerprint density at radius 1 is 1.18 bits per heavy atom. The molecule has 0 saturated carbocycles. The Morgan fingerprint density at radius 2 is 2.00 bits per heavy atom. The maximum absolute atomic E-state index is 13.8. The van der Waals surface area contributed by atoms with Crippen molar-refractivity contribution < 1.29 is 13.5 Å². The fourth-order valence-electron chi connectivity index (χ4n) is 3.79. The predicted octanol–water partition coefficient (Wildman–Crippen LogP) is 3.00. The van der Waals surface area contributed by atoms with Crippen molar-refractivity contribution >= 4 is 16.7 Å². The summed E-state index contributed by atoms with van der Waals surface area (Å²) in [4.78, 5) is 15.9. The number of anilines is 1. The van der Waals surface area contributed by atoms with Crippen LogP contribution in [0.25, 0.3) is 10.9 Å². The summed E-state index contributed by atoms with van der Waals surface area (Å²) in [6.07, 6.45) is 6.72. The van der Waals surface area contributed by atoms with E-state index in [1.165, 1.54) is 12.4 Å². The molecule has 0 unspecified atom stereocenters. The Morgan fingerprint density at radius 3 is 2.79 bits per heavy atom. The summed E-state index contributed by atoms with van der Waals surface area (Å²) in [5.41, 5.74) is 1.33. The van der Waals surface area contributed by atoms with Gasteiger partial charge in [-0.15, -0.1) is 0 Å². The molecule has 0 spiro atoms. The summed E-state index contributed by atoms with van der Waals surface area (Å²) in [5, 5.41) is 0.637. The number of hydrogen-bond acceptors (Lipinski definition) is 5. The number of fused-ring (bicyclic) bond motifs is 1. The van der Waals surface area contributed by atoms with Crippen LogP contribution >= 0.6 is 0 Å². The standard InChI is InChI=1S/C20H23F2N5O/c1-28-18-12-23-13-25-20(18)27-7-5-26(6-8-27)4-2-3-14-11-24-19-16(14)9-15(21)10-17(19)22/h9-13,24H,2-8H2,1H3. The van der Waals surface area contributed by atoms with Crippen molar-refractivity contribution in [1.29, 1.82) is 0 Å². The third-order valence-corrected chi connectivity index (χ3v) is 5.26. The highest BCUT2D eigenvalue weighted by atomic mass is 19.1. The van der Waals surface area contributed by atoms with Crippen LogP contribution in [-0.2, 0) is 6.42 Å². The minimum Gasteiger partial charge on any atom is -0.491 e. The molecule has 8 heteroatoms. The van der Waals surface area contributed by atoms with E-state index in [0.29, 0.717) is 16.7 Å². The maximum atomic E-state index is 13.8. The molecule has 2 aromatic heterocycles. The van der Waals surface area contributed by atoms with Crippen LogP contribution in [0.15, 0.2) is 30.9 Å². The molecule has 1 fully saturated rings. The van der Waals surface area contributed by atoms with Crippen molar-refractivity contribution in [3.05, 3.63) is 48.1 Å². The molecule has 0 amide bonds. The zero-order valence-corrected chi connectivity index (χ0v) is 15.8. The van der Waals surface area contributed by atoms with E-state index < -0.39 is 11.6 Å². The lowest BCUT2D eigenvalue weighted by molar-refractivity contribution is 0.253. The molecule has 3 aromatic rings. The number of rotatable bonds is 6. The number of methoxy groups -OCH3 is 1. The van der Waals surface area contributed by atoms with Gasteiger partial charge in [0, 0.05) is 43.8 Å². The first-order chi connectivity index (χ1) is 13.7. The van der Waals surface area contributed by atoms with Crippen LogP contribution in [0, 0.1) is 11.6 Å². The minimum atomic E-state index is -0.544. The monoisotopic (exact) mass is 387 g/mol. The van der Waals surface area contributed by atoms with Crippen LogP contribution in [0.3, 0.4) is 0 Å². The summed E-state index contributed by atoms with van der Waals surface area (Å²) in [6, 6.07) is 2.31. The van der Waals surface area contributed by atoms with Gasteiger partial charge in [0.25, 0.3) is 0 Å². The normalized spacial score (nSPS) is 15.3. The summed E-state index contributed by atoms with van der Waals surface area (Å²) in [6.45, 7) is 4.56. The van der Waals surface area contributed by atoms with Crippen molar-refractivity contribution in [3.8, 4) is 5.75 Å². The number of aromatic nitrogens is 3. The average molecular weight is 387 g/mol. The van der Waals surface area contributed by atoms with E-state index in [0.717, 1.165) is 63.0 Å². The van der Waals surface area contributed by atoms with Gasteiger partial charge in [0.1, 0.15) is 18.0 Å². The smallest absolute Gasteiger partial charge is 0.179 e. The number of piperazine rings is 1. The van der Waals surface area contributed by atoms with Crippen LogP contribution in [0.2, 0.25) is 0 Å². The van der Waals surface area contributed by atoms with Gasteiger partial charge in [-0.2, -0.15) is 0 Å². The van der Waals surface area contributed by atoms with E-state index in [-0.39, 0.29) is 0 Å². The summed E-state index contributed by atoms with van der Waals surface area (Å²) in [5.74, 6) is 0.439. The number of aryl methyl sites for hydroxylation is 1. The van der Waals surface area contributed by atoms with Crippen LogP contribution in [0.4, 0.5) is 14.6 Å². The van der Waals surface area contributed by atoms with E-state index in [1.807, 2.05) is 0 Å². The lowest BCUT2D eigenvalue weighted by Gasteiger charge is -2.35. The second kappa shape index (κ2) is 8.10. The van der Waals surface area contributed by atoms with Crippen LogP contribution < -0.4 is 9.64 Å². The van der Waals surface area contributed by atoms with Crippen LogP contribution in [-0.4, -0.2) is 59.7 Å². The van der Waals surface area contributed by atoms with E-state index in [1.54, 1.807) is 19.5 Å². The molecule has 4 rings (SSSR count). The molecule has 1 aliphatic heterocycles. The molecule has 0 bridgehead atoms. The summed E-state index contributed by atoms with van der Waals surface area (Å²) >= 11 is 0. The zero-order chi connectivity index (χ0) is 19.5. The first kappa shape index (κ1) is 18.6. The van der Waals surface area contributed by atoms with Crippen molar-refractivity contribution in [2.45, 2.75) is 12.8 Å². The average Bonchev–Trinajstić information content (AvgIpc) is 3.12. The largest absolute Gasteiger partial charge is 0.491 e. The predicted molar refractivity (Wildman–Crippen MR) is 104 cm³/mol. The molecule has 28 heavy (non-hydrogen) atoms. The number of nitrogens with one attached hydrogen (secondary N) is 1. The topological polar surface area (TPSA) is 57.3 Å². The molecule has 6 nitrogen and oxygen atoms in total. The Bertz CT molecular complexity index is 953. The van der Waals surface area contributed by atoms with Gasteiger partial charge >= 0.3 is 0 Å². The summed E-state index contributed by atoms with van der Waals surface area (Å²) < 4.78 is 32.7. The van der Waals surface area contributed by atoms with Crippen LogP contribution in [0.1, 0.15) is 12.0 Å². The zero-order valence-electron chi connectivity index (χ0n) is 15.8. The molecule has 0 atom stereocenters. The lowest BCUT2D eigenvalue weighted by Crippen LogP contribution is -2.47. The molecule has 3 heterocycles. The quantitative estimate of drug-likeness (QED) is 0.705. The van der Waals surface area contributed by atoms with Gasteiger partial charge in [-0.25, -0.2) is 18.7 Å². The van der Waals surface area contributed by atoms with Crippen molar-refractivity contribution in [1.82, 2.24) is 19.9 Å². The van der Waals surface area contributed by atoms with Gasteiger partial charge in [0.15, 0.2) is 11.6 Å². The van der Waals surface area contributed by atoms with E-state index >= 15 is 0 Å². The maximum Gasteiger partial charge on any atom is 0.179 e. The Kier molecular flexibility index (Phi) is 5.38. The SMILES string of the molecule is COc1cncnc1N1CCN(CCCc2c[nH]c3c(F)cc(F)cc23)CC1. The van der Waals surface area contributed by atoms with Crippen molar-refractivity contribution in [2.75, 3.05) is 44.7 Å². The Hall–Kier alpha value is -2.74. The van der Waals surface area contributed by atoms with E-state index in [2.05, 4.69) is 24.8 Å². The first-order valence-corrected chi connectivity index (χ1v) is 9.42. The van der Waals surface area contributed by atoms with Gasteiger partial charge in [0.2, 0.25) is 0 Å². The van der Waals surface area contributed by atoms with Gasteiger partial charge in [-0.05, 0) is 31.0 Å². The molecule has 1 aromatic carbocycles. The molecular formula is C20H23F2N5O. The number of benzene rings is 1. The summed E-state index contributed by atoms with van der Waals surface area (Å²) in [7, 11) is 1.63. The van der Waals surface area contributed by atoms with E-state index in [9.17, 15) is 8.78 Å². The second-order valence-corrected chi connectivity index (χ2v) is 6.97. The fraction of sp³-hybridized carbons (Fsp3) is 0.400. The fourth-order valence-corrected chi connectivity index (χ4v) is 3.79. The highest BCUT2D eigenvalue weighted by Gasteiger charge is 2.20. The Balaban J connectivity index is 1.30. The highest BCUT2D eigenvalue weighted by molar-refractivity contribution is 5.83. The van der Waals surface area contributed by atoms with Gasteiger partial charge in [-0.3, -0.25) is 4.90 Å². The first-order valence-electron chi connectivity index (χ1n) is 9.42. The third-order valence-electron chi connectivity index (χ3n) is 5.26. The molecule has 1 aliphatic rings. The van der Waals surface area contributed by atoms with Crippen molar-refractivity contribution in [2.24, 2.45) is 0 Å². The Labute approximate surface area is 162 Å². The van der Waals surface area contributed by atoms with Gasteiger partial charge in [0.05, 0.1) is 18.8 Å². The molecule has 0 radical (unpaired) electrons.